The fourth-order valence-corrected chi connectivity index (χ4v) is 3.54. The van der Waals surface area contributed by atoms with Gasteiger partial charge in [-0.3, -0.25) is 4.79 Å². The molecule has 0 unspecified atom stereocenters. The Morgan fingerprint density at radius 2 is 1.89 bits per heavy atom. The van der Waals surface area contributed by atoms with Crippen molar-refractivity contribution in [2.24, 2.45) is 0 Å². The van der Waals surface area contributed by atoms with Gasteiger partial charge in [-0.15, -0.1) is 22.7 Å². The van der Waals surface area contributed by atoms with Crippen LogP contribution in [0.5, 0.6) is 0 Å². The van der Waals surface area contributed by atoms with E-state index >= 15 is 0 Å². The Bertz CT molecular complexity index is 445. The Morgan fingerprint density at radius 3 is 2.37 bits per heavy atom. The van der Waals surface area contributed by atoms with E-state index in [0.717, 1.165) is 13.0 Å². The van der Waals surface area contributed by atoms with E-state index in [9.17, 15) is 4.79 Å². The molecule has 0 bridgehead atoms. The van der Waals surface area contributed by atoms with Crippen LogP contribution in [0.15, 0.2) is 35.0 Å². The second-order valence-electron chi connectivity index (χ2n) is 4.10. The third-order valence-electron chi connectivity index (χ3n) is 2.79. The van der Waals surface area contributed by atoms with Crippen molar-refractivity contribution in [1.29, 1.82) is 0 Å². The largest absolute Gasteiger partial charge is 0.469 e. The minimum Gasteiger partial charge on any atom is -0.469 e. The third-order valence-corrected chi connectivity index (χ3v) is 4.66. The molecule has 0 fully saturated rings. The highest BCUT2D eigenvalue weighted by molar-refractivity contribution is 7.11. The second-order valence-corrected chi connectivity index (χ2v) is 6.06. The summed E-state index contributed by atoms with van der Waals surface area (Å²) in [5, 5.41) is 7.70. The van der Waals surface area contributed by atoms with Gasteiger partial charge in [0.05, 0.1) is 13.2 Å². The van der Waals surface area contributed by atoms with Crippen LogP contribution in [0, 0.1) is 0 Å². The van der Waals surface area contributed by atoms with E-state index in [1.807, 2.05) is 0 Å². The van der Waals surface area contributed by atoms with E-state index in [2.05, 4.69) is 45.1 Å². The highest BCUT2D eigenvalue weighted by Gasteiger charge is 2.15. The Labute approximate surface area is 121 Å². The van der Waals surface area contributed by atoms with Gasteiger partial charge < -0.3 is 10.1 Å². The number of methoxy groups -OCH3 is 1. The number of nitrogens with one attached hydrogen (secondary N) is 1. The van der Waals surface area contributed by atoms with Crippen LogP contribution in [0.3, 0.4) is 0 Å². The molecule has 2 aromatic rings. The van der Waals surface area contributed by atoms with E-state index in [4.69, 9.17) is 0 Å². The lowest BCUT2D eigenvalue weighted by molar-refractivity contribution is -0.140. The molecule has 0 spiro atoms. The van der Waals surface area contributed by atoms with Gasteiger partial charge in [-0.2, -0.15) is 0 Å². The smallest absolute Gasteiger partial charge is 0.305 e. The molecule has 5 heteroatoms. The van der Waals surface area contributed by atoms with E-state index < -0.39 is 0 Å². The summed E-state index contributed by atoms with van der Waals surface area (Å²) >= 11 is 3.50. The molecule has 2 heterocycles. The van der Waals surface area contributed by atoms with Crippen molar-refractivity contribution in [1.82, 2.24) is 5.32 Å². The van der Waals surface area contributed by atoms with Crippen molar-refractivity contribution < 1.29 is 9.53 Å². The second kappa shape index (κ2) is 7.43. The molecule has 0 aromatic carbocycles. The maximum atomic E-state index is 11.1. The van der Waals surface area contributed by atoms with Crippen molar-refractivity contribution in [3.8, 4) is 0 Å². The van der Waals surface area contributed by atoms with Gasteiger partial charge in [0.25, 0.3) is 0 Å². The predicted molar refractivity (Wildman–Crippen MR) is 79.7 cm³/mol. The Kier molecular flexibility index (Phi) is 5.57. The lowest BCUT2D eigenvalue weighted by atomic mass is 10.2. The van der Waals surface area contributed by atoms with Crippen LogP contribution in [0.2, 0.25) is 0 Å². The van der Waals surface area contributed by atoms with Gasteiger partial charge >= 0.3 is 5.97 Å². The molecule has 0 saturated heterocycles. The first-order valence-electron chi connectivity index (χ1n) is 6.18. The minimum atomic E-state index is -0.148. The number of esters is 1. The lowest BCUT2D eigenvalue weighted by Crippen LogP contribution is -2.22. The fourth-order valence-electron chi connectivity index (χ4n) is 1.83. The molecule has 0 aliphatic carbocycles. The zero-order chi connectivity index (χ0) is 13.5. The van der Waals surface area contributed by atoms with Gasteiger partial charge in [0.2, 0.25) is 0 Å². The molecule has 0 aliphatic rings. The molecule has 0 saturated carbocycles. The van der Waals surface area contributed by atoms with Gasteiger partial charge in [-0.1, -0.05) is 12.1 Å². The summed E-state index contributed by atoms with van der Waals surface area (Å²) in [6.07, 6.45) is 1.25. The standard InChI is InChI=1S/C14H17NO2S2/c1-17-13(16)7-2-8-15-14(11-5-3-9-18-11)12-6-4-10-19-12/h3-6,9-10,14-15H,2,7-8H2,1H3. The van der Waals surface area contributed by atoms with Crippen molar-refractivity contribution in [3.05, 3.63) is 44.8 Å². The molecule has 0 radical (unpaired) electrons. The molecule has 3 nitrogen and oxygen atoms in total. The SMILES string of the molecule is COC(=O)CCCNC(c1cccs1)c1cccs1. The van der Waals surface area contributed by atoms with Crippen LogP contribution in [0.4, 0.5) is 0 Å². The van der Waals surface area contributed by atoms with Crippen molar-refractivity contribution in [2.45, 2.75) is 18.9 Å². The van der Waals surface area contributed by atoms with Crippen LogP contribution in [0.25, 0.3) is 0 Å². The van der Waals surface area contributed by atoms with Crippen LogP contribution < -0.4 is 5.32 Å². The number of carbonyl (C=O) groups excluding carboxylic acids is 1. The molecule has 0 aliphatic heterocycles. The fraction of sp³-hybridized carbons (Fsp3) is 0.357. The molecule has 2 rings (SSSR count). The van der Waals surface area contributed by atoms with E-state index in [-0.39, 0.29) is 12.0 Å². The van der Waals surface area contributed by atoms with Crippen LogP contribution in [0.1, 0.15) is 28.6 Å². The van der Waals surface area contributed by atoms with E-state index in [1.54, 1.807) is 22.7 Å². The van der Waals surface area contributed by atoms with Gasteiger partial charge in [0, 0.05) is 16.2 Å². The Morgan fingerprint density at radius 1 is 1.26 bits per heavy atom. The molecule has 1 N–H and O–H groups in total. The number of rotatable bonds is 7. The molecule has 0 atom stereocenters. The summed E-state index contributed by atoms with van der Waals surface area (Å²) < 4.78 is 4.64. The molecule has 19 heavy (non-hydrogen) atoms. The zero-order valence-corrected chi connectivity index (χ0v) is 12.4. The van der Waals surface area contributed by atoms with Gasteiger partial charge in [0.15, 0.2) is 0 Å². The van der Waals surface area contributed by atoms with Crippen LogP contribution >= 0.6 is 22.7 Å². The maximum Gasteiger partial charge on any atom is 0.305 e. The summed E-state index contributed by atoms with van der Waals surface area (Å²) in [6, 6.07) is 8.65. The lowest BCUT2D eigenvalue weighted by Gasteiger charge is -2.15. The van der Waals surface area contributed by atoms with Crippen molar-refractivity contribution in [2.75, 3.05) is 13.7 Å². The highest BCUT2D eigenvalue weighted by atomic mass is 32.1. The van der Waals surface area contributed by atoms with Gasteiger partial charge in [-0.25, -0.2) is 0 Å². The Balaban J connectivity index is 1.91. The predicted octanol–water partition coefficient (Wildman–Crippen LogP) is 3.44. The first-order valence-corrected chi connectivity index (χ1v) is 7.94. The van der Waals surface area contributed by atoms with Gasteiger partial charge in [0.1, 0.15) is 0 Å². The van der Waals surface area contributed by atoms with Crippen molar-refractivity contribution in [3.63, 3.8) is 0 Å². The van der Waals surface area contributed by atoms with Crippen molar-refractivity contribution >= 4 is 28.6 Å². The van der Waals surface area contributed by atoms with E-state index in [0.29, 0.717) is 6.42 Å². The summed E-state index contributed by atoms with van der Waals surface area (Å²) in [6.45, 7) is 0.801. The molecular formula is C14H17NO2S2. The minimum absolute atomic E-state index is 0.148. The average Bonchev–Trinajstić information content (AvgIpc) is 3.11. The summed E-state index contributed by atoms with van der Waals surface area (Å²) in [4.78, 5) is 13.7. The average molecular weight is 295 g/mol. The third kappa shape index (κ3) is 4.16. The topological polar surface area (TPSA) is 38.3 Å². The van der Waals surface area contributed by atoms with Crippen LogP contribution in [-0.4, -0.2) is 19.6 Å². The zero-order valence-electron chi connectivity index (χ0n) is 10.8. The van der Waals surface area contributed by atoms with Gasteiger partial charge in [-0.05, 0) is 35.9 Å². The first-order chi connectivity index (χ1) is 9.31. The first kappa shape index (κ1) is 14.2. The number of ether oxygens (including phenoxy) is 1. The monoisotopic (exact) mass is 295 g/mol. The summed E-state index contributed by atoms with van der Waals surface area (Å²) in [5.74, 6) is -0.148. The van der Waals surface area contributed by atoms with E-state index in [1.165, 1.54) is 16.9 Å². The molecule has 102 valence electrons. The maximum absolute atomic E-state index is 11.1. The Hall–Kier alpha value is -1.17. The number of hydrogen-bond donors (Lipinski definition) is 1. The number of thiophene rings is 2. The quantitative estimate of drug-likeness (QED) is 0.628. The molecule has 2 aromatic heterocycles. The van der Waals surface area contributed by atoms with Crippen LogP contribution in [-0.2, 0) is 9.53 Å². The number of carbonyl (C=O) groups is 1. The summed E-state index contributed by atoms with van der Waals surface area (Å²) in [5.41, 5.74) is 0. The summed E-state index contributed by atoms with van der Waals surface area (Å²) in [7, 11) is 1.43. The highest BCUT2D eigenvalue weighted by Crippen LogP contribution is 2.28. The molecular weight excluding hydrogens is 278 g/mol. The molecule has 0 amide bonds. The number of hydrogen-bond acceptors (Lipinski definition) is 5. The normalized spacial score (nSPS) is 10.8.